The number of hydrogen-bond donors (Lipinski definition) is 2. The summed E-state index contributed by atoms with van der Waals surface area (Å²) in [5.41, 5.74) is 0.493. The first-order chi connectivity index (χ1) is 9.46. The highest BCUT2D eigenvalue weighted by Gasteiger charge is 2.38. The zero-order valence-electron chi connectivity index (χ0n) is 11.2. The Labute approximate surface area is 117 Å². The van der Waals surface area contributed by atoms with Crippen molar-refractivity contribution < 1.29 is 28.1 Å². The van der Waals surface area contributed by atoms with Crippen molar-refractivity contribution in [1.29, 1.82) is 0 Å². The van der Waals surface area contributed by atoms with E-state index in [-0.39, 0.29) is 23.9 Å². The lowest BCUT2D eigenvalue weighted by Gasteiger charge is -2.20. The van der Waals surface area contributed by atoms with Gasteiger partial charge in [0.15, 0.2) is 21.3 Å². The second-order valence-corrected chi connectivity index (χ2v) is 6.79. The molecule has 0 aliphatic carbocycles. The summed E-state index contributed by atoms with van der Waals surface area (Å²) >= 11 is 0. The second-order valence-electron chi connectivity index (χ2n) is 4.64. The summed E-state index contributed by atoms with van der Waals surface area (Å²) in [5, 5.41) is 19.1. The molecule has 112 valence electrons. The fourth-order valence-electron chi connectivity index (χ4n) is 2.15. The molecule has 6 nitrogen and oxygen atoms in total. The topological polar surface area (TPSA) is 93.1 Å². The van der Waals surface area contributed by atoms with Crippen LogP contribution in [-0.4, -0.2) is 49.0 Å². The van der Waals surface area contributed by atoms with E-state index in [0.29, 0.717) is 17.9 Å². The van der Waals surface area contributed by atoms with Gasteiger partial charge in [-0.05, 0) is 13.0 Å². The average molecular weight is 302 g/mol. The summed E-state index contributed by atoms with van der Waals surface area (Å²) in [6.07, 6.45) is -1.91. The lowest BCUT2D eigenvalue weighted by Crippen LogP contribution is -2.30. The molecular weight excluding hydrogens is 284 g/mol. The molecule has 0 spiro atoms. The van der Waals surface area contributed by atoms with Crippen LogP contribution in [0.2, 0.25) is 0 Å². The maximum atomic E-state index is 11.5. The highest BCUT2D eigenvalue weighted by Crippen LogP contribution is 2.34. The normalized spacial score (nSPS) is 24.6. The van der Waals surface area contributed by atoms with Gasteiger partial charge in [0, 0.05) is 5.56 Å². The molecule has 1 saturated heterocycles. The Morgan fingerprint density at radius 3 is 2.65 bits per heavy atom. The van der Waals surface area contributed by atoms with E-state index in [4.69, 9.17) is 9.47 Å². The molecule has 2 unspecified atom stereocenters. The molecule has 1 aliphatic rings. The molecule has 0 radical (unpaired) electrons. The molecule has 1 fully saturated rings. The Balaban J connectivity index is 2.28. The molecule has 0 amide bonds. The Kier molecular flexibility index (Phi) is 4.52. The summed E-state index contributed by atoms with van der Waals surface area (Å²) in [5.74, 6) is 0.177. The number of rotatable bonds is 5. The van der Waals surface area contributed by atoms with Gasteiger partial charge in [-0.1, -0.05) is 12.1 Å². The summed E-state index contributed by atoms with van der Waals surface area (Å²) in [7, 11) is -3.29. The Morgan fingerprint density at radius 1 is 1.35 bits per heavy atom. The van der Waals surface area contributed by atoms with Gasteiger partial charge in [0.05, 0.1) is 24.7 Å². The van der Waals surface area contributed by atoms with E-state index in [9.17, 15) is 18.6 Å². The molecular formula is C13H18O6S. The first-order valence-electron chi connectivity index (χ1n) is 6.37. The molecule has 7 heteroatoms. The quantitative estimate of drug-likeness (QED) is 0.802. The van der Waals surface area contributed by atoms with Crippen LogP contribution in [-0.2, 0) is 16.4 Å². The lowest BCUT2D eigenvalue weighted by molar-refractivity contribution is 0.0696. The van der Waals surface area contributed by atoms with E-state index >= 15 is 0 Å². The van der Waals surface area contributed by atoms with Crippen molar-refractivity contribution >= 4 is 9.84 Å². The highest BCUT2D eigenvalue weighted by molar-refractivity contribution is 7.91. The van der Waals surface area contributed by atoms with E-state index in [0.717, 1.165) is 0 Å². The van der Waals surface area contributed by atoms with Crippen LogP contribution in [0.5, 0.6) is 11.5 Å². The number of hydrogen-bond acceptors (Lipinski definition) is 6. The fourth-order valence-corrected chi connectivity index (χ4v) is 3.81. The van der Waals surface area contributed by atoms with Crippen molar-refractivity contribution in [3.8, 4) is 11.5 Å². The third-order valence-corrected chi connectivity index (χ3v) is 4.76. The number of para-hydroxylation sites is 1. The zero-order chi connectivity index (χ0) is 14.8. The van der Waals surface area contributed by atoms with Crippen molar-refractivity contribution in [3.05, 3.63) is 23.8 Å². The minimum Gasteiger partial charge on any atom is -0.490 e. The predicted octanol–water partition coefficient (Wildman–Crippen LogP) is 0.114. The molecule has 0 bridgehead atoms. The van der Waals surface area contributed by atoms with E-state index in [1.807, 2.05) is 6.92 Å². The van der Waals surface area contributed by atoms with Crippen molar-refractivity contribution in [2.75, 3.05) is 18.1 Å². The molecule has 0 aromatic heterocycles. The van der Waals surface area contributed by atoms with Crippen LogP contribution < -0.4 is 9.47 Å². The first-order valence-corrected chi connectivity index (χ1v) is 8.19. The van der Waals surface area contributed by atoms with Gasteiger partial charge in [-0.15, -0.1) is 0 Å². The summed E-state index contributed by atoms with van der Waals surface area (Å²) in [6, 6.07) is 5.05. The minimum atomic E-state index is -3.29. The van der Waals surface area contributed by atoms with Crippen LogP contribution in [0, 0.1) is 0 Å². The largest absolute Gasteiger partial charge is 0.490 e. The van der Waals surface area contributed by atoms with Crippen LogP contribution in [0.3, 0.4) is 0 Å². The fraction of sp³-hybridized carbons (Fsp3) is 0.538. The average Bonchev–Trinajstić information content (AvgIpc) is 2.64. The lowest BCUT2D eigenvalue weighted by atomic mass is 10.2. The Morgan fingerprint density at radius 2 is 2.10 bits per heavy atom. The molecule has 2 atom stereocenters. The number of aliphatic hydroxyl groups is 2. The third kappa shape index (κ3) is 3.23. The van der Waals surface area contributed by atoms with Crippen LogP contribution in [0.15, 0.2) is 18.2 Å². The van der Waals surface area contributed by atoms with Gasteiger partial charge in [-0.3, -0.25) is 0 Å². The predicted molar refractivity (Wildman–Crippen MR) is 72.6 cm³/mol. The first kappa shape index (κ1) is 15.1. The smallest absolute Gasteiger partial charge is 0.167 e. The van der Waals surface area contributed by atoms with Crippen molar-refractivity contribution in [3.63, 3.8) is 0 Å². The highest BCUT2D eigenvalue weighted by atomic mass is 32.2. The Bertz CT molecular complexity index is 568. The monoisotopic (exact) mass is 302 g/mol. The number of aliphatic hydroxyl groups excluding tert-OH is 2. The van der Waals surface area contributed by atoms with Gasteiger partial charge >= 0.3 is 0 Å². The summed E-state index contributed by atoms with van der Waals surface area (Å²) in [4.78, 5) is 0. The molecule has 1 aliphatic heterocycles. The molecule has 2 N–H and O–H groups in total. The van der Waals surface area contributed by atoms with Gasteiger partial charge in [0.25, 0.3) is 0 Å². The number of benzene rings is 1. The molecule has 20 heavy (non-hydrogen) atoms. The van der Waals surface area contributed by atoms with E-state index in [1.54, 1.807) is 18.2 Å². The van der Waals surface area contributed by atoms with E-state index in [1.165, 1.54) is 0 Å². The molecule has 1 heterocycles. The zero-order valence-corrected chi connectivity index (χ0v) is 12.0. The van der Waals surface area contributed by atoms with Crippen molar-refractivity contribution in [2.24, 2.45) is 0 Å². The minimum absolute atomic E-state index is 0.237. The van der Waals surface area contributed by atoms with Gasteiger partial charge in [-0.2, -0.15) is 0 Å². The Hall–Kier alpha value is -1.31. The van der Waals surface area contributed by atoms with Gasteiger partial charge < -0.3 is 19.7 Å². The SMILES string of the molecule is CCOc1cccc(CO)c1OC1CS(=O)(=O)CC1O. The van der Waals surface area contributed by atoms with Gasteiger partial charge in [-0.25, -0.2) is 8.42 Å². The molecule has 0 saturated carbocycles. The maximum absolute atomic E-state index is 11.5. The van der Waals surface area contributed by atoms with Crippen LogP contribution >= 0.6 is 0 Å². The van der Waals surface area contributed by atoms with E-state index < -0.39 is 22.0 Å². The van der Waals surface area contributed by atoms with Crippen LogP contribution in [0.4, 0.5) is 0 Å². The van der Waals surface area contributed by atoms with Crippen molar-refractivity contribution in [1.82, 2.24) is 0 Å². The standard InChI is InChI=1S/C13H18O6S/c1-2-18-11-5-3-4-9(6-14)13(11)19-12-8-20(16,17)7-10(12)15/h3-5,10,12,14-15H,2,6-8H2,1H3. The summed E-state index contributed by atoms with van der Waals surface area (Å²) < 4.78 is 34.0. The third-order valence-electron chi connectivity index (χ3n) is 3.07. The second kappa shape index (κ2) is 5.99. The van der Waals surface area contributed by atoms with Crippen LogP contribution in [0.25, 0.3) is 0 Å². The molecule has 1 aromatic carbocycles. The van der Waals surface area contributed by atoms with Crippen molar-refractivity contribution in [2.45, 2.75) is 25.7 Å². The number of ether oxygens (including phenoxy) is 2. The molecule has 1 aromatic rings. The summed E-state index contributed by atoms with van der Waals surface area (Å²) in [6.45, 7) is 1.97. The van der Waals surface area contributed by atoms with Gasteiger partial charge in [0.2, 0.25) is 0 Å². The van der Waals surface area contributed by atoms with Gasteiger partial charge in [0.1, 0.15) is 12.2 Å². The van der Waals surface area contributed by atoms with E-state index in [2.05, 4.69) is 0 Å². The molecule has 2 rings (SSSR count). The van der Waals surface area contributed by atoms with Crippen LogP contribution in [0.1, 0.15) is 12.5 Å². The number of sulfone groups is 1. The maximum Gasteiger partial charge on any atom is 0.167 e.